The summed E-state index contributed by atoms with van der Waals surface area (Å²) in [5.74, 6) is -0.151. The van der Waals surface area contributed by atoms with Crippen LogP contribution in [-0.4, -0.2) is 30.8 Å². The van der Waals surface area contributed by atoms with Gasteiger partial charge in [0.2, 0.25) is 0 Å². The van der Waals surface area contributed by atoms with Crippen molar-refractivity contribution >= 4 is 34.9 Å². The molecule has 0 radical (unpaired) electrons. The molecule has 0 bridgehead atoms. The van der Waals surface area contributed by atoms with Crippen LogP contribution >= 0.6 is 23.2 Å². The first-order chi connectivity index (χ1) is 14.0. The Bertz CT molecular complexity index is 749. The van der Waals surface area contributed by atoms with Crippen LogP contribution in [0.4, 0.5) is 5.69 Å². The number of halogens is 2. The lowest BCUT2D eigenvalue weighted by Gasteiger charge is -2.14. The molecule has 0 aliphatic carbocycles. The van der Waals surface area contributed by atoms with Crippen LogP contribution in [-0.2, 0) is 16.0 Å². The average molecular weight is 439 g/mol. The van der Waals surface area contributed by atoms with Gasteiger partial charge in [0.25, 0.3) is 0 Å². The molecule has 1 unspecified atom stereocenters. The molecule has 0 heterocycles. The van der Waals surface area contributed by atoms with Crippen molar-refractivity contribution < 1.29 is 14.6 Å². The molecule has 1 atom stereocenters. The summed E-state index contributed by atoms with van der Waals surface area (Å²) in [5.41, 5.74) is 7.80. The highest BCUT2D eigenvalue weighted by atomic mass is 35.5. The second-order valence-electron chi connectivity index (χ2n) is 6.88. The summed E-state index contributed by atoms with van der Waals surface area (Å²) in [5, 5.41) is 14.1. The lowest BCUT2D eigenvalue weighted by atomic mass is 10.1. The number of esters is 1. The van der Waals surface area contributed by atoms with Gasteiger partial charge in [-0.25, -0.2) is 0 Å². The highest BCUT2D eigenvalue weighted by Crippen LogP contribution is 2.31. The van der Waals surface area contributed by atoms with Gasteiger partial charge in [-0.3, -0.25) is 4.79 Å². The minimum atomic E-state index is -0.717. The summed E-state index contributed by atoms with van der Waals surface area (Å²) >= 11 is 12.0. The largest absolute Gasteiger partial charge is 0.465 e. The number of hydrogen-bond acceptors (Lipinski definition) is 5. The Morgan fingerprint density at radius 2 is 1.79 bits per heavy atom. The molecule has 0 saturated carbocycles. The van der Waals surface area contributed by atoms with Crippen LogP contribution in [0.1, 0.15) is 42.9 Å². The number of ether oxygens (including phenoxy) is 1. The molecule has 0 fully saturated rings. The standard InChI is InChI=1S/C22H28Cl2N2O3/c23-18-13-17(14-19(24)22(18)25)20(27)15-26-11-6-2-5-9-21(28)29-12-10-16-7-3-1-4-8-16/h1,3-4,7-8,13-14,20,26-27H,2,5-6,9-12,15,25H2. The van der Waals surface area contributed by atoms with Crippen molar-refractivity contribution in [2.24, 2.45) is 0 Å². The van der Waals surface area contributed by atoms with E-state index in [1.54, 1.807) is 12.1 Å². The number of carbonyl (C=O) groups excluding carboxylic acids is 1. The Kier molecular flexibility index (Phi) is 10.3. The van der Waals surface area contributed by atoms with E-state index in [1.807, 2.05) is 30.3 Å². The van der Waals surface area contributed by atoms with Crippen molar-refractivity contribution in [2.75, 3.05) is 25.4 Å². The summed E-state index contributed by atoms with van der Waals surface area (Å²) in [7, 11) is 0. The van der Waals surface area contributed by atoms with E-state index >= 15 is 0 Å². The number of unbranched alkanes of at least 4 members (excludes halogenated alkanes) is 2. The third-order valence-corrected chi connectivity index (χ3v) is 5.18. The third kappa shape index (κ3) is 8.62. The summed E-state index contributed by atoms with van der Waals surface area (Å²) in [4.78, 5) is 11.7. The number of hydrogen-bond donors (Lipinski definition) is 3. The van der Waals surface area contributed by atoms with Gasteiger partial charge in [0.05, 0.1) is 28.4 Å². The molecule has 0 aliphatic heterocycles. The molecule has 0 aromatic heterocycles. The molecule has 5 nitrogen and oxygen atoms in total. The highest BCUT2D eigenvalue weighted by molar-refractivity contribution is 6.38. The molecule has 2 aromatic carbocycles. The zero-order valence-corrected chi connectivity index (χ0v) is 17.9. The van der Waals surface area contributed by atoms with Crippen LogP contribution in [0.3, 0.4) is 0 Å². The van der Waals surface area contributed by atoms with Gasteiger partial charge in [0, 0.05) is 19.4 Å². The van der Waals surface area contributed by atoms with Crippen molar-refractivity contribution in [3.63, 3.8) is 0 Å². The zero-order chi connectivity index (χ0) is 21.1. The lowest BCUT2D eigenvalue weighted by molar-refractivity contribution is -0.143. The maximum Gasteiger partial charge on any atom is 0.305 e. The molecule has 29 heavy (non-hydrogen) atoms. The van der Waals surface area contributed by atoms with Gasteiger partial charge in [-0.05, 0) is 42.6 Å². The molecule has 2 aromatic rings. The minimum absolute atomic E-state index is 0.151. The van der Waals surface area contributed by atoms with Crippen LogP contribution in [0.25, 0.3) is 0 Å². The zero-order valence-electron chi connectivity index (χ0n) is 16.4. The first-order valence-electron chi connectivity index (χ1n) is 9.80. The Labute approximate surface area is 182 Å². The van der Waals surface area contributed by atoms with Crippen LogP contribution in [0.15, 0.2) is 42.5 Å². The molecule has 158 valence electrons. The maximum atomic E-state index is 11.7. The van der Waals surface area contributed by atoms with E-state index in [0.29, 0.717) is 40.9 Å². The minimum Gasteiger partial charge on any atom is -0.465 e. The van der Waals surface area contributed by atoms with Gasteiger partial charge in [-0.2, -0.15) is 0 Å². The van der Waals surface area contributed by atoms with Gasteiger partial charge in [0.1, 0.15) is 0 Å². The maximum absolute atomic E-state index is 11.7. The van der Waals surface area contributed by atoms with Gasteiger partial charge in [0.15, 0.2) is 0 Å². The quantitative estimate of drug-likeness (QED) is 0.257. The SMILES string of the molecule is Nc1c(Cl)cc(C(O)CNCCCCCC(=O)OCCc2ccccc2)cc1Cl. The monoisotopic (exact) mass is 438 g/mol. The second-order valence-corrected chi connectivity index (χ2v) is 7.70. The number of aliphatic hydroxyl groups excluding tert-OH is 1. The predicted octanol–water partition coefficient (Wildman–Crippen LogP) is 4.54. The molecule has 0 aliphatic rings. The summed E-state index contributed by atoms with van der Waals surface area (Å²) in [6, 6.07) is 13.2. The normalized spacial score (nSPS) is 12.0. The summed E-state index contributed by atoms with van der Waals surface area (Å²) < 4.78 is 5.26. The Balaban J connectivity index is 1.51. The number of rotatable bonds is 12. The number of carbonyl (C=O) groups is 1. The molecule has 0 spiro atoms. The summed E-state index contributed by atoms with van der Waals surface area (Å²) in [6.45, 7) is 1.55. The first kappa shape index (κ1) is 23.5. The van der Waals surface area contributed by atoms with Crippen molar-refractivity contribution in [1.29, 1.82) is 0 Å². The van der Waals surface area contributed by atoms with E-state index in [0.717, 1.165) is 37.8 Å². The smallest absolute Gasteiger partial charge is 0.305 e. The Morgan fingerprint density at radius 3 is 2.48 bits per heavy atom. The van der Waals surface area contributed by atoms with Crippen LogP contribution in [0.5, 0.6) is 0 Å². The number of benzene rings is 2. The van der Waals surface area contributed by atoms with Gasteiger partial charge in [-0.1, -0.05) is 60.0 Å². The fourth-order valence-corrected chi connectivity index (χ4v) is 3.35. The third-order valence-electron chi connectivity index (χ3n) is 4.55. The van der Waals surface area contributed by atoms with E-state index in [2.05, 4.69) is 5.32 Å². The molecule has 0 saturated heterocycles. The van der Waals surface area contributed by atoms with Crippen molar-refractivity contribution in [1.82, 2.24) is 5.32 Å². The number of nitrogen functional groups attached to an aromatic ring is 1. The molecule has 0 amide bonds. The highest BCUT2D eigenvalue weighted by Gasteiger charge is 2.12. The van der Waals surface area contributed by atoms with Crippen LogP contribution in [0, 0.1) is 0 Å². The van der Waals surface area contributed by atoms with Gasteiger partial charge < -0.3 is 20.9 Å². The first-order valence-corrected chi connectivity index (χ1v) is 10.6. The summed E-state index contributed by atoms with van der Waals surface area (Å²) in [6.07, 6.45) is 3.06. The van der Waals surface area contributed by atoms with Crippen molar-refractivity contribution in [2.45, 2.75) is 38.2 Å². The lowest BCUT2D eigenvalue weighted by Crippen LogP contribution is -2.22. The fraction of sp³-hybridized carbons (Fsp3) is 0.409. The second kappa shape index (κ2) is 12.7. The van der Waals surface area contributed by atoms with E-state index in [-0.39, 0.29) is 5.97 Å². The number of nitrogens with one attached hydrogen (secondary N) is 1. The molecular formula is C22H28Cl2N2O3. The van der Waals surface area contributed by atoms with E-state index < -0.39 is 6.10 Å². The average Bonchev–Trinajstić information content (AvgIpc) is 2.71. The Morgan fingerprint density at radius 1 is 1.10 bits per heavy atom. The number of aliphatic hydroxyl groups is 1. The van der Waals surface area contributed by atoms with Crippen LogP contribution < -0.4 is 11.1 Å². The molecule has 7 heteroatoms. The molecule has 2 rings (SSSR count). The van der Waals surface area contributed by atoms with E-state index in [1.165, 1.54) is 0 Å². The van der Waals surface area contributed by atoms with Crippen LogP contribution in [0.2, 0.25) is 10.0 Å². The Hall–Kier alpha value is -1.79. The fourth-order valence-electron chi connectivity index (χ4n) is 2.85. The molecular weight excluding hydrogens is 411 g/mol. The van der Waals surface area contributed by atoms with Crippen molar-refractivity contribution in [3.05, 3.63) is 63.6 Å². The van der Waals surface area contributed by atoms with E-state index in [9.17, 15) is 9.90 Å². The predicted molar refractivity (Wildman–Crippen MR) is 118 cm³/mol. The number of anilines is 1. The molecule has 4 N–H and O–H groups in total. The van der Waals surface area contributed by atoms with Gasteiger partial charge in [-0.15, -0.1) is 0 Å². The van der Waals surface area contributed by atoms with E-state index in [4.69, 9.17) is 33.7 Å². The number of nitrogens with two attached hydrogens (primary N) is 1. The van der Waals surface area contributed by atoms with Crippen molar-refractivity contribution in [3.8, 4) is 0 Å². The van der Waals surface area contributed by atoms with Gasteiger partial charge >= 0.3 is 5.97 Å². The topological polar surface area (TPSA) is 84.6 Å².